The highest BCUT2D eigenvalue weighted by molar-refractivity contribution is 5.98. The Kier molecular flexibility index (Phi) is 6.70. The number of hydrogen-bond acceptors (Lipinski definition) is 8. The molecule has 0 bridgehead atoms. The predicted octanol–water partition coefficient (Wildman–Crippen LogP) is 3.15. The van der Waals surface area contributed by atoms with E-state index in [1.165, 1.54) is 15.8 Å². The fourth-order valence-electron chi connectivity index (χ4n) is 5.23. The van der Waals surface area contributed by atoms with Crippen molar-refractivity contribution in [1.82, 2.24) is 34.5 Å². The summed E-state index contributed by atoms with van der Waals surface area (Å²) in [7, 11) is 0. The Balaban J connectivity index is 1.18. The van der Waals surface area contributed by atoms with Crippen LogP contribution in [0.5, 0.6) is 5.75 Å². The van der Waals surface area contributed by atoms with Crippen LogP contribution in [-0.2, 0) is 19.4 Å². The van der Waals surface area contributed by atoms with Crippen LogP contribution in [0, 0.1) is 0 Å². The number of aryl methyl sites for hydroxylation is 2. The van der Waals surface area contributed by atoms with Gasteiger partial charge in [0.1, 0.15) is 11.3 Å². The molecule has 39 heavy (non-hydrogen) atoms. The molecule has 10 heteroatoms. The summed E-state index contributed by atoms with van der Waals surface area (Å²) < 4.78 is 7.39. The van der Waals surface area contributed by atoms with Crippen molar-refractivity contribution in [3.05, 3.63) is 77.4 Å². The SMILES string of the molecule is CC(C)Oc1ccc2c(c1)CCc1cnc(-n3cc(C(=O)N4CCN(Cc5ccncc5)CC4)c(N)n3)nc1-2. The van der Waals surface area contributed by atoms with Gasteiger partial charge in [0.15, 0.2) is 5.82 Å². The second kappa shape index (κ2) is 10.5. The number of nitrogens with two attached hydrogens (primary N) is 1. The molecule has 0 unspecified atom stereocenters. The van der Waals surface area contributed by atoms with Crippen LogP contribution in [0.25, 0.3) is 17.2 Å². The lowest BCUT2D eigenvalue weighted by Gasteiger charge is -2.34. The Labute approximate surface area is 227 Å². The number of nitrogen functional groups attached to an aromatic ring is 1. The maximum atomic E-state index is 13.3. The Morgan fingerprint density at radius 2 is 1.82 bits per heavy atom. The zero-order valence-electron chi connectivity index (χ0n) is 22.2. The van der Waals surface area contributed by atoms with E-state index in [1.807, 2.05) is 43.1 Å². The molecular formula is C29H32N8O2. The van der Waals surface area contributed by atoms with Gasteiger partial charge in [-0.25, -0.2) is 14.6 Å². The third-order valence-electron chi connectivity index (χ3n) is 7.21. The molecular weight excluding hydrogens is 492 g/mol. The van der Waals surface area contributed by atoms with Crippen molar-refractivity contribution in [3.8, 4) is 23.0 Å². The van der Waals surface area contributed by atoms with Crippen LogP contribution in [-0.4, -0.2) is 72.7 Å². The highest BCUT2D eigenvalue weighted by Crippen LogP contribution is 2.34. The number of piperazine rings is 1. The van der Waals surface area contributed by atoms with E-state index in [-0.39, 0.29) is 17.8 Å². The van der Waals surface area contributed by atoms with E-state index < -0.39 is 0 Å². The van der Waals surface area contributed by atoms with Crippen molar-refractivity contribution in [2.24, 2.45) is 0 Å². The van der Waals surface area contributed by atoms with Crippen LogP contribution in [0.3, 0.4) is 0 Å². The third kappa shape index (κ3) is 5.20. The van der Waals surface area contributed by atoms with E-state index >= 15 is 0 Å². The molecule has 0 spiro atoms. The normalized spacial score (nSPS) is 15.2. The molecule has 2 N–H and O–H groups in total. The number of hydrogen-bond donors (Lipinski definition) is 1. The van der Waals surface area contributed by atoms with Crippen molar-refractivity contribution in [2.75, 3.05) is 31.9 Å². The summed E-state index contributed by atoms with van der Waals surface area (Å²) in [5, 5.41) is 4.40. The average molecular weight is 525 g/mol. The van der Waals surface area contributed by atoms with Gasteiger partial charge in [-0.05, 0) is 73.7 Å². The molecule has 2 aliphatic rings. The third-order valence-corrected chi connectivity index (χ3v) is 7.21. The first-order chi connectivity index (χ1) is 18.9. The van der Waals surface area contributed by atoms with Crippen LogP contribution in [0.2, 0.25) is 0 Å². The van der Waals surface area contributed by atoms with Gasteiger partial charge in [0.2, 0.25) is 0 Å². The lowest BCUT2D eigenvalue weighted by Crippen LogP contribution is -2.48. The topological polar surface area (TPSA) is 115 Å². The van der Waals surface area contributed by atoms with Crippen LogP contribution < -0.4 is 10.5 Å². The minimum atomic E-state index is -0.122. The number of ether oxygens (including phenoxy) is 1. The number of pyridine rings is 1. The molecule has 200 valence electrons. The van der Waals surface area contributed by atoms with Gasteiger partial charge in [-0.2, -0.15) is 0 Å². The predicted molar refractivity (Wildman–Crippen MR) is 148 cm³/mol. The van der Waals surface area contributed by atoms with Gasteiger partial charge in [0, 0.05) is 63.1 Å². The van der Waals surface area contributed by atoms with Crippen molar-refractivity contribution in [2.45, 2.75) is 39.3 Å². The lowest BCUT2D eigenvalue weighted by molar-refractivity contribution is 0.0629. The standard InChI is InChI=1S/C29H32N8O2/c1-19(2)39-23-5-6-24-21(15-23)3-4-22-16-32-29(33-26(22)24)37-18-25(27(30)34-37)28(38)36-13-11-35(12-14-36)17-20-7-9-31-10-8-20/h5-10,15-16,18-19H,3-4,11-14,17H2,1-2H3,(H2,30,34). The molecule has 10 nitrogen and oxygen atoms in total. The molecule has 1 saturated heterocycles. The number of fused-ring (bicyclic) bond motifs is 3. The quantitative estimate of drug-likeness (QED) is 0.409. The number of aromatic nitrogens is 5. The molecule has 4 heterocycles. The minimum absolute atomic E-state index is 0.117. The van der Waals surface area contributed by atoms with Crippen LogP contribution in [0.1, 0.15) is 40.9 Å². The molecule has 6 rings (SSSR count). The molecule has 4 aromatic rings. The Morgan fingerprint density at radius 1 is 1.05 bits per heavy atom. The molecule has 1 aliphatic heterocycles. The number of carbonyl (C=O) groups excluding carboxylic acids is 1. The first-order valence-corrected chi connectivity index (χ1v) is 13.4. The van der Waals surface area contributed by atoms with E-state index in [4.69, 9.17) is 15.5 Å². The summed E-state index contributed by atoms with van der Waals surface area (Å²) in [5.74, 6) is 1.31. The largest absolute Gasteiger partial charge is 0.491 e. The number of nitrogens with zero attached hydrogens (tertiary/aromatic N) is 7. The smallest absolute Gasteiger partial charge is 0.259 e. The molecule has 1 fully saturated rings. The molecule has 0 atom stereocenters. The van der Waals surface area contributed by atoms with Gasteiger partial charge in [0.25, 0.3) is 11.9 Å². The van der Waals surface area contributed by atoms with Crippen molar-refractivity contribution >= 4 is 11.7 Å². The molecule has 3 aromatic heterocycles. The highest BCUT2D eigenvalue weighted by atomic mass is 16.5. The zero-order valence-corrected chi connectivity index (χ0v) is 22.2. The monoisotopic (exact) mass is 524 g/mol. The summed E-state index contributed by atoms with van der Waals surface area (Å²) in [6, 6.07) is 10.2. The number of carbonyl (C=O) groups is 1. The highest BCUT2D eigenvalue weighted by Gasteiger charge is 2.26. The van der Waals surface area contributed by atoms with Gasteiger partial charge in [-0.3, -0.25) is 14.7 Å². The van der Waals surface area contributed by atoms with Crippen LogP contribution >= 0.6 is 0 Å². The molecule has 1 aromatic carbocycles. The van der Waals surface area contributed by atoms with E-state index in [0.29, 0.717) is 24.6 Å². The second-order valence-corrected chi connectivity index (χ2v) is 10.3. The number of rotatable bonds is 6. The Morgan fingerprint density at radius 3 is 2.59 bits per heavy atom. The summed E-state index contributed by atoms with van der Waals surface area (Å²) in [5.41, 5.74) is 12.0. The summed E-state index contributed by atoms with van der Waals surface area (Å²) in [4.78, 5) is 31.0. The van der Waals surface area contributed by atoms with Crippen molar-refractivity contribution in [3.63, 3.8) is 0 Å². The average Bonchev–Trinajstić information content (AvgIpc) is 3.34. The maximum absolute atomic E-state index is 13.3. The van der Waals surface area contributed by atoms with Crippen molar-refractivity contribution < 1.29 is 9.53 Å². The lowest BCUT2D eigenvalue weighted by atomic mass is 9.90. The number of amides is 1. The van der Waals surface area contributed by atoms with Gasteiger partial charge in [-0.1, -0.05) is 0 Å². The van der Waals surface area contributed by atoms with E-state index in [1.54, 1.807) is 18.6 Å². The zero-order chi connectivity index (χ0) is 26.9. The summed E-state index contributed by atoms with van der Waals surface area (Å²) in [6.07, 6.45) is 8.98. The van der Waals surface area contributed by atoms with E-state index in [0.717, 1.165) is 55.0 Å². The fourth-order valence-corrected chi connectivity index (χ4v) is 5.23. The Hall–Kier alpha value is -4.31. The number of anilines is 1. The maximum Gasteiger partial charge on any atom is 0.259 e. The van der Waals surface area contributed by atoms with Crippen LogP contribution in [0.4, 0.5) is 5.82 Å². The van der Waals surface area contributed by atoms with Gasteiger partial charge < -0.3 is 15.4 Å². The van der Waals surface area contributed by atoms with Gasteiger partial charge in [-0.15, -0.1) is 5.10 Å². The minimum Gasteiger partial charge on any atom is -0.491 e. The first kappa shape index (κ1) is 25.0. The first-order valence-electron chi connectivity index (χ1n) is 13.4. The van der Waals surface area contributed by atoms with E-state index in [2.05, 4.69) is 32.1 Å². The van der Waals surface area contributed by atoms with E-state index in [9.17, 15) is 4.79 Å². The molecule has 0 saturated carbocycles. The Bertz CT molecular complexity index is 1490. The molecule has 0 radical (unpaired) electrons. The second-order valence-electron chi connectivity index (χ2n) is 10.3. The van der Waals surface area contributed by atoms with Crippen LogP contribution in [0.15, 0.2) is 55.1 Å². The summed E-state index contributed by atoms with van der Waals surface area (Å²) in [6.45, 7) is 7.72. The van der Waals surface area contributed by atoms with Gasteiger partial charge >= 0.3 is 0 Å². The number of benzene rings is 1. The van der Waals surface area contributed by atoms with Crippen molar-refractivity contribution in [1.29, 1.82) is 0 Å². The fraction of sp³-hybridized carbons (Fsp3) is 0.345. The molecule has 1 aliphatic carbocycles. The summed E-state index contributed by atoms with van der Waals surface area (Å²) >= 11 is 0. The van der Waals surface area contributed by atoms with Gasteiger partial charge in [0.05, 0.1) is 11.8 Å². The molecule has 1 amide bonds.